The van der Waals surface area contributed by atoms with E-state index in [1.54, 1.807) is 0 Å². The Bertz CT molecular complexity index is 413. The highest BCUT2D eigenvalue weighted by molar-refractivity contribution is 5.93. The Kier molecular flexibility index (Phi) is 5.69. The van der Waals surface area contributed by atoms with Gasteiger partial charge in [0.05, 0.1) is 0 Å². The number of hydrogen-bond acceptors (Lipinski definition) is 2. The van der Waals surface area contributed by atoms with Gasteiger partial charge >= 0.3 is 0 Å². The Labute approximate surface area is 110 Å². The van der Waals surface area contributed by atoms with Crippen molar-refractivity contribution in [1.82, 2.24) is 0 Å². The van der Waals surface area contributed by atoms with Crippen LogP contribution in [0.1, 0.15) is 50.2 Å². The van der Waals surface area contributed by atoms with Crippen LogP contribution in [-0.2, 0) is 4.79 Å². The van der Waals surface area contributed by atoms with Gasteiger partial charge < -0.3 is 11.1 Å². The van der Waals surface area contributed by atoms with Gasteiger partial charge in [0, 0.05) is 17.8 Å². The van der Waals surface area contributed by atoms with Crippen LogP contribution < -0.4 is 11.1 Å². The number of nitrogens with two attached hydrogens (primary N) is 1. The first kappa shape index (κ1) is 14.6. The van der Waals surface area contributed by atoms with E-state index in [-0.39, 0.29) is 5.91 Å². The molecule has 0 saturated heterocycles. The molecule has 0 fully saturated rings. The lowest BCUT2D eigenvalue weighted by atomic mass is 10.1. The molecule has 0 aliphatic rings. The van der Waals surface area contributed by atoms with E-state index in [2.05, 4.69) is 12.2 Å². The third-order valence-electron chi connectivity index (χ3n) is 3.24. The summed E-state index contributed by atoms with van der Waals surface area (Å²) in [6.07, 6.45) is 5.06. The third-order valence-corrected chi connectivity index (χ3v) is 3.24. The summed E-state index contributed by atoms with van der Waals surface area (Å²) < 4.78 is 0. The first-order valence-corrected chi connectivity index (χ1v) is 6.71. The molecular formula is C15H24N2O. The summed E-state index contributed by atoms with van der Waals surface area (Å²) in [6, 6.07) is 3.82. The molecule has 0 aromatic heterocycles. The summed E-state index contributed by atoms with van der Waals surface area (Å²) in [5.41, 5.74) is 9.46. The Morgan fingerprint density at radius 1 is 1.22 bits per heavy atom. The van der Waals surface area contributed by atoms with Crippen molar-refractivity contribution in [2.24, 2.45) is 0 Å². The molecule has 0 heterocycles. The van der Waals surface area contributed by atoms with Crippen molar-refractivity contribution in [2.75, 3.05) is 11.1 Å². The molecule has 18 heavy (non-hydrogen) atoms. The maximum Gasteiger partial charge on any atom is 0.224 e. The molecule has 1 aromatic rings. The van der Waals surface area contributed by atoms with E-state index >= 15 is 0 Å². The van der Waals surface area contributed by atoms with Crippen molar-refractivity contribution in [1.29, 1.82) is 0 Å². The molecule has 1 rings (SSSR count). The maximum atomic E-state index is 11.8. The van der Waals surface area contributed by atoms with E-state index in [4.69, 9.17) is 5.73 Å². The molecule has 0 radical (unpaired) electrons. The van der Waals surface area contributed by atoms with Gasteiger partial charge in [-0.1, -0.05) is 32.3 Å². The van der Waals surface area contributed by atoms with Crippen molar-refractivity contribution in [2.45, 2.75) is 52.9 Å². The van der Waals surface area contributed by atoms with Crippen molar-refractivity contribution < 1.29 is 4.79 Å². The van der Waals surface area contributed by atoms with E-state index < -0.39 is 0 Å². The van der Waals surface area contributed by atoms with Gasteiger partial charge in [-0.2, -0.15) is 0 Å². The standard InChI is InChI=1S/C15H24N2O/c1-4-5-6-7-8-14(18)17-15-11(2)9-10-13(16)12(15)3/h9-10H,4-8,16H2,1-3H3,(H,17,18). The fraction of sp³-hybridized carbons (Fsp3) is 0.533. The maximum absolute atomic E-state index is 11.8. The molecule has 3 nitrogen and oxygen atoms in total. The summed E-state index contributed by atoms with van der Waals surface area (Å²) in [5.74, 6) is 0.0860. The minimum Gasteiger partial charge on any atom is -0.398 e. The highest BCUT2D eigenvalue weighted by atomic mass is 16.1. The first-order chi connectivity index (χ1) is 8.56. The van der Waals surface area contributed by atoms with Gasteiger partial charge in [-0.3, -0.25) is 4.79 Å². The van der Waals surface area contributed by atoms with Crippen LogP contribution in [0.4, 0.5) is 11.4 Å². The number of amides is 1. The average molecular weight is 248 g/mol. The van der Waals surface area contributed by atoms with Crippen LogP contribution in [0.25, 0.3) is 0 Å². The molecule has 100 valence electrons. The van der Waals surface area contributed by atoms with Gasteiger partial charge in [-0.25, -0.2) is 0 Å². The van der Waals surface area contributed by atoms with E-state index in [0.717, 1.165) is 35.3 Å². The number of nitrogen functional groups attached to an aromatic ring is 1. The lowest BCUT2D eigenvalue weighted by Crippen LogP contribution is -2.13. The fourth-order valence-electron chi connectivity index (χ4n) is 1.97. The van der Waals surface area contributed by atoms with E-state index in [9.17, 15) is 4.79 Å². The molecular weight excluding hydrogens is 224 g/mol. The Balaban J connectivity index is 2.57. The van der Waals surface area contributed by atoms with Gasteiger partial charge in [0.15, 0.2) is 0 Å². The van der Waals surface area contributed by atoms with Gasteiger partial charge in [0.2, 0.25) is 5.91 Å². The molecule has 0 unspecified atom stereocenters. The summed E-state index contributed by atoms with van der Waals surface area (Å²) in [6.45, 7) is 6.09. The van der Waals surface area contributed by atoms with Crippen LogP contribution in [0.15, 0.2) is 12.1 Å². The van der Waals surface area contributed by atoms with Crippen molar-refractivity contribution in [3.63, 3.8) is 0 Å². The number of benzene rings is 1. The van der Waals surface area contributed by atoms with Crippen LogP contribution in [0.2, 0.25) is 0 Å². The number of rotatable bonds is 6. The number of aryl methyl sites for hydroxylation is 1. The first-order valence-electron chi connectivity index (χ1n) is 6.71. The second-order valence-electron chi connectivity index (χ2n) is 4.83. The monoisotopic (exact) mass is 248 g/mol. The van der Waals surface area contributed by atoms with Crippen LogP contribution in [0.5, 0.6) is 0 Å². The summed E-state index contributed by atoms with van der Waals surface area (Å²) in [7, 11) is 0. The smallest absolute Gasteiger partial charge is 0.224 e. The van der Waals surface area contributed by atoms with Crippen molar-refractivity contribution in [3.05, 3.63) is 23.3 Å². The second-order valence-corrected chi connectivity index (χ2v) is 4.83. The van der Waals surface area contributed by atoms with Crippen molar-refractivity contribution in [3.8, 4) is 0 Å². The number of anilines is 2. The second kappa shape index (κ2) is 7.04. The molecule has 0 saturated carbocycles. The van der Waals surface area contributed by atoms with E-state index in [1.165, 1.54) is 12.8 Å². The molecule has 0 atom stereocenters. The van der Waals surface area contributed by atoms with Crippen molar-refractivity contribution >= 4 is 17.3 Å². The van der Waals surface area contributed by atoms with Gasteiger partial charge in [-0.15, -0.1) is 0 Å². The highest BCUT2D eigenvalue weighted by Crippen LogP contribution is 2.25. The quantitative estimate of drug-likeness (QED) is 0.594. The van der Waals surface area contributed by atoms with E-state index in [0.29, 0.717) is 6.42 Å². The number of carbonyl (C=O) groups is 1. The highest BCUT2D eigenvalue weighted by Gasteiger charge is 2.09. The topological polar surface area (TPSA) is 55.1 Å². The summed E-state index contributed by atoms with van der Waals surface area (Å²) in [5, 5.41) is 2.98. The molecule has 0 aliphatic carbocycles. The molecule has 0 aliphatic heterocycles. The molecule has 3 N–H and O–H groups in total. The van der Waals surface area contributed by atoms with Crippen LogP contribution >= 0.6 is 0 Å². The van der Waals surface area contributed by atoms with Crippen LogP contribution in [0, 0.1) is 13.8 Å². The van der Waals surface area contributed by atoms with E-state index in [1.807, 2.05) is 26.0 Å². The minimum absolute atomic E-state index is 0.0860. The predicted octanol–water partition coefficient (Wildman–Crippen LogP) is 3.79. The zero-order valence-corrected chi connectivity index (χ0v) is 11.7. The van der Waals surface area contributed by atoms with Crippen LogP contribution in [0.3, 0.4) is 0 Å². The predicted molar refractivity (Wildman–Crippen MR) is 77.7 cm³/mol. The summed E-state index contributed by atoms with van der Waals surface area (Å²) >= 11 is 0. The lowest BCUT2D eigenvalue weighted by Gasteiger charge is -2.13. The molecule has 1 amide bonds. The van der Waals surface area contributed by atoms with Gasteiger partial charge in [0.1, 0.15) is 0 Å². The SMILES string of the molecule is CCCCCCC(=O)Nc1c(C)ccc(N)c1C. The Morgan fingerprint density at radius 2 is 1.94 bits per heavy atom. The largest absolute Gasteiger partial charge is 0.398 e. The zero-order chi connectivity index (χ0) is 13.5. The normalized spacial score (nSPS) is 10.4. The Morgan fingerprint density at radius 3 is 2.61 bits per heavy atom. The molecule has 1 aromatic carbocycles. The Hall–Kier alpha value is -1.51. The minimum atomic E-state index is 0.0860. The third kappa shape index (κ3) is 4.06. The zero-order valence-electron chi connectivity index (χ0n) is 11.7. The van der Waals surface area contributed by atoms with Gasteiger partial charge in [-0.05, 0) is 37.5 Å². The lowest BCUT2D eigenvalue weighted by molar-refractivity contribution is -0.116. The molecule has 3 heteroatoms. The van der Waals surface area contributed by atoms with Crippen LogP contribution in [-0.4, -0.2) is 5.91 Å². The average Bonchev–Trinajstić information content (AvgIpc) is 2.35. The number of nitrogens with one attached hydrogen (secondary N) is 1. The summed E-state index contributed by atoms with van der Waals surface area (Å²) in [4.78, 5) is 11.8. The molecule has 0 spiro atoms. The fourth-order valence-corrected chi connectivity index (χ4v) is 1.97. The number of carbonyl (C=O) groups excluding carboxylic acids is 1. The van der Waals surface area contributed by atoms with Gasteiger partial charge in [0.25, 0.3) is 0 Å². The number of hydrogen-bond donors (Lipinski definition) is 2. The molecule has 0 bridgehead atoms. The number of unbranched alkanes of at least 4 members (excludes halogenated alkanes) is 3.